The van der Waals surface area contributed by atoms with E-state index < -0.39 is 5.60 Å². The van der Waals surface area contributed by atoms with Crippen LogP contribution in [-0.4, -0.2) is 5.78 Å². The molecule has 0 fully saturated rings. The van der Waals surface area contributed by atoms with E-state index in [0.29, 0.717) is 6.42 Å². The first-order chi connectivity index (χ1) is 8.15. The predicted molar refractivity (Wildman–Crippen MR) is 64.6 cm³/mol. The normalized spacial score (nSPS) is 21.7. The molecule has 3 nitrogen and oxygen atoms in total. The second-order valence-corrected chi connectivity index (χ2v) is 4.42. The van der Waals surface area contributed by atoms with Crippen molar-refractivity contribution in [2.75, 3.05) is 0 Å². The summed E-state index contributed by atoms with van der Waals surface area (Å²) in [5, 5.41) is 0. The number of para-hydroxylation sites is 1. The standard InChI is InChI=1S/C14H16O3/c1-3-11(15)7-6-10-14(2)12-8-4-5-9-13(12)16-17-14/h3-5,8-9H,1,6-7,10H2,2H3. The van der Waals surface area contributed by atoms with Gasteiger partial charge in [-0.3, -0.25) is 4.79 Å². The van der Waals surface area contributed by atoms with Gasteiger partial charge in [0.1, 0.15) is 5.60 Å². The van der Waals surface area contributed by atoms with Gasteiger partial charge < -0.3 is 4.89 Å². The molecule has 1 aliphatic heterocycles. The Kier molecular flexibility index (Phi) is 3.29. The van der Waals surface area contributed by atoms with Crippen LogP contribution >= 0.6 is 0 Å². The summed E-state index contributed by atoms with van der Waals surface area (Å²) in [6.07, 6.45) is 3.38. The molecule has 1 aromatic carbocycles. The van der Waals surface area contributed by atoms with Crippen LogP contribution in [0.1, 0.15) is 31.7 Å². The van der Waals surface area contributed by atoms with Crippen molar-refractivity contribution in [2.45, 2.75) is 31.8 Å². The van der Waals surface area contributed by atoms with E-state index in [1.807, 2.05) is 31.2 Å². The van der Waals surface area contributed by atoms with Crippen molar-refractivity contribution in [2.24, 2.45) is 0 Å². The van der Waals surface area contributed by atoms with Gasteiger partial charge >= 0.3 is 0 Å². The molecule has 1 heterocycles. The number of carbonyl (C=O) groups is 1. The largest absolute Gasteiger partial charge is 0.336 e. The van der Waals surface area contributed by atoms with E-state index in [9.17, 15) is 4.79 Å². The first kappa shape index (κ1) is 11.9. The molecule has 0 bridgehead atoms. The summed E-state index contributed by atoms with van der Waals surface area (Å²) in [5.41, 5.74) is 0.601. The Balaban J connectivity index is 2.01. The Morgan fingerprint density at radius 3 is 3.00 bits per heavy atom. The average molecular weight is 232 g/mol. The highest BCUT2D eigenvalue weighted by atomic mass is 17.2. The van der Waals surface area contributed by atoms with Crippen LogP contribution in [0.15, 0.2) is 36.9 Å². The van der Waals surface area contributed by atoms with Crippen LogP contribution in [-0.2, 0) is 15.3 Å². The van der Waals surface area contributed by atoms with Gasteiger partial charge in [-0.25, -0.2) is 0 Å². The summed E-state index contributed by atoms with van der Waals surface area (Å²) in [4.78, 5) is 21.7. The third kappa shape index (κ3) is 2.39. The lowest BCUT2D eigenvalue weighted by Gasteiger charge is -2.20. The second kappa shape index (κ2) is 4.72. The van der Waals surface area contributed by atoms with Crippen LogP contribution in [0.2, 0.25) is 0 Å². The zero-order valence-corrected chi connectivity index (χ0v) is 9.94. The van der Waals surface area contributed by atoms with Crippen LogP contribution < -0.4 is 4.89 Å². The molecule has 1 aliphatic rings. The van der Waals surface area contributed by atoms with E-state index in [4.69, 9.17) is 9.78 Å². The summed E-state index contributed by atoms with van der Waals surface area (Å²) >= 11 is 0. The molecule has 3 heteroatoms. The molecule has 17 heavy (non-hydrogen) atoms. The van der Waals surface area contributed by atoms with Gasteiger partial charge in [0.15, 0.2) is 11.5 Å². The summed E-state index contributed by atoms with van der Waals surface area (Å²) < 4.78 is 0. The monoisotopic (exact) mass is 232 g/mol. The molecule has 90 valence electrons. The maximum Gasteiger partial charge on any atom is 0.171 e. The molecule has 2 rings (SSSR count). The van der Waals surface area contributed by atoms with Crippen molar-refractivity contribution in [3.63, 3.8) is 0 Å². The average Bonchev–Trinajstić information content (AvgIpc) is 2.68. The minimum Gasteiger partial charge on any atom is -0.336 e. The van der Waals surface area contributed by atoms with Gasteiger partial charge in [0.05, 0.1) is 0 Å². The van der Waals surface area contributed by atoms with Crippen LogP contribution in [0.4, 0.5) is 0 Å². The van der Waals surface area contributed by atoms with Gasteiger partial charge in [0.25, 0.3) is 0 Å². The van der Waals surface area contributed by atoms with Gasteiger partial charge in [0, 0.05) is 12.0 Å². The number of allylic oxidation sites excluding steroid dienone is 1. The second-order valence-electron chi connectivity index (χ2n) is 4.42. The van der Waals surface area contributed by atoms with E-state index in [0.717, 1.165) is 24.2 Å². The zero-order chi connectivity index (χ0) is 12.3. The lowest BCUT2D eigenvalue weighted by Crippen LogP contribution is -2.21. The Hall–Kier alpha value is -1.61. The lowest BCUT2D eigenvalue weighted by molar-refractivity contribution is -0.269. The number of hydrogen-bond acceptors (Lipinski definition) is 3. The fourth-order valence-corrected chi connectivity index (χ4v) is 2.04. The summed E-state index contributed by atoms with van der Waals surface area (Å²) in [5.74, 6) is 0.839. The Morgan fingerprint density at radius 1 is 1.47 bits per heavy atom. The molecule has 0 aliphatic carbocycles. The maximum absolute atomic E-state index is 11.1. The van der Waals surface area contributed by atoms with Gasteiger partial charge in [-0.2, -0.15) is 4.89 Å². The fourth-order valence-electron chi connectivity index (χ4n) is 2.04. The number of ketones is 1. The van der Waals surface area contributed by atoms with Crippen molar-refractivity contribution >= 4 is 5.78 Å². The molecule has 0 radical (unpaired) electrons. The third-order valence-electron chi connectivity index (χ3n) is 3.08. The van der Waals surface area contributed by atoms with Crippen molar-refractivity contribution < 1.29 is 14.6 Å². The molecule has 0 spiro atoms. The Morgan fingerprint density at radius 2 is 2.24 bits per heavy atom. The molecule has 0 amide bonds. The van der Waals surface area contributed by atoms with Crippen molar-refractivity contribution in [3.8, 4) is 5.75 Å². The smallest absolute Gasteiger partial charge is 0.171 e. The molecular weight excluding hydrogens is 216 g/mol. The highest BCUT2D eigenvalue weighted by Crippen LogP contribution is 2.42. The van der Waals surface area contributed by atoms with Crippen molar-refractivity contribution in [1.29, 1.82) is 0 Å². The van der Waals surface area contributed by atoms with Crippen LogP contribution in [0.3, 0.4) is 0 Å². The summed E-state index contributed by atoms with van der Waals surface area (Å²) in [6.45, 7) is 5.44. The molecule has 0 saturated heterocycles. The molecule has 0 aromatic heterocycles. The molecular formula is C14H16O3. The molecule has 1 unspecified atom stereocenters. The van der Waals surface area contributed by atoms with E-state index >= 15 is 0 Å². The lowest BCUT2D eigenvalue weighted by atomic mass is 9.90. The van der Waals surface area contributed by atoms with Gasteiger partial charge in [0.2, 0.25) is 0 Å². The zero-order valence-electron chi connectivity index (χ0n) is 9.94. The summed E-state index contributed by atoms with van der Waals surface area (Å²) in [6, 6.07) is 7.76. The van der Waals surface area contributed by atoms with E-state index in [2.05, 4.69) is 6.58 Å². The number of rotatable bonds is 5. The SMILES string of the molecule is C=CC(=O)CCCC1(C)OOc2ccccc21. The van der Waals surface area contributed by atoms with Crippen LogP contribution in [0.5, 0.6) is 5.75 Å². The minimum atomic E-state index is -0.446. The highest BCUT2D eigenvalue weighted by Gasteiger charge is 2.37. The quantitative estimate of drug-likeness (QED) is 0.578. The van der Waals surface area contributed by atoms with Crippen LogP contribution in [0.25, 0.3) is 0 Å². The van der Waals surface area contributed by atoms with Gasteiger partial charge in [-0.1, -0.05) is 24.8 Å². The number of hydrogen-bond donors (Lipinski definition) is 0. The fraction of sp³-hybridized carbons (Fsp3) is 0.357. The highest BCUT2D eigenvalue weighted by molar-refractivity contribution is 5.88. The van der Waals surface area contributed by atoms with E-state index in [-0.39, 0.29) is 5.78 Å². The number of carbonyl (C=O) groups excluding carboxylic acids is 1. The first-order valence-corrected chi connectivity index (χ1v) is 5.76. The number of fused-ring (bicyclic) bond motifs is 1. The minimum absolute atomic E-state index is 0.0702. The summed E-state index contributed by atoms with van der Waals surface area (Å²) in [7, 11) is 0. The first-order valence-electron chi connectivity index (χ1n) is 5.76. The third-order valence-corrected chi connectivity index (χ3v) is 3.08. The van der Waals surface area contributed by atoms with Crippen molar-refractivity contribution in [1.82, 2.24) is 0 Å². The van der Waals surface area contributed by atoms with E-state index in [1.54, 1.807) is 0 Å². The predicted octanol–water partition coefficient (Wildman–Crippen LogP) is 3.15. The van der Waals surface area contributed by atoms with Crippen molar-refractivity contribution in [3.05, 3.63) is 42.5 Å². The Bertz CT molecular complexity index is 439. The number of benzene rings is 1. The van der Waals surface area contributed by atoms with Crippen LogP contribution in [0, 0.1) is 0 Å². The van der Waals surface area contributed by atoms with E-state index in [1.165, 1.54) is 6.08 Å². The molecule has 1 aromatic rings. The van der Waals surface area contributed by atoms with Gasteiger partial charge in [-0.05, 0) is 31.9 Å². The maximum atomic E-state index is 11.1. The Labute approximate surface area is 101 Å². The topological polar surface area (TPSA) is 35.5 Å². The molecule has 0 saturated carbocycles. The molecule has 1 atom stereocenters. The molecule has 0 N–H and O–H groups in total. The van der Waals surface area contributed by atoms with Gasteiger partial charge in [-0.15, -0.1) is 0 Å².